The van der Waals surface area contributed by atoms with Gasteiger partial charge in [0.1, 0.15) is 0 Å². The van der Waals surface area contributed by atoms with Crippen molar-refractivity contribution in [2.24, 2.45) is 0 Å². The van der Waals surface area contributed by atoms with Crippen LogP contribution in [0.1, 0.15) is 33.6 Å². The van der Waals surface area contributed by atoms with Crippen molar-refractivity contribution in [1.29, 1.82) is 0 Å². The molecule has 0 N–H and O–H groups in total. The minimum absolute atomic E-state index is 1.40. The van der Waals surface area contributed by atoms with Crippen LogP contribution in [0.5, 0.6) is 0 Å². The molecule has 0 bridgehead atoms. The fraction of sp³-hybridized carbons (Fsp3) is 1.00. The molecule has 0 nitrogen and oxygen atoms in total. The van der Waals surface area contributed by atoms with Crippen molar-refractivity contribution in [1.82, 2.24) is 0 Å². The van der Waals surface area contributed by atoms with Crippen LogP contribution in [0, 0.1) is 0 Å². The van der Waals surface area contributed by atoms with E-state index in [4.69, 9.17) is 0 Å². The summed E-state index contributed by atoms with van der Waals surface area (Å²) >= 11 is -1.53. The standard InChI is InChI=1S/C4H9.2C2H5.CH3.Pb/c1-3-4-2;2*1-2;;/h1,3-4H2,2H3;2*1H2,2H3;1H3;. The first-order valence-corrected chi connectivity index (χ1v) is 16.8. The van der Waals surface area contributed by atoms with Crippen LogP contribution in [-0.4, -0.2) is 21.2 Å². The van der Waals surface area contributed by atoms with Gasteiger partial charge in [0.05, 0.1) is 0 Å². The molecule has 10 heavy (non-hydrogen) atoms. The Morgan fingerprint density at radius 1 is 1.00 bits per heavy atom. The van der Waals surface area contributed by atoms with Gasteiger partial charge in [-0.25, -0.2) is 0 Å². The van der Waals surface area contributed by atoms with Gasteiger partial charge in [0.2, 0.25) is 0 Å². The molecule has 0 radical (unpaired) electrons. The van der Waals surface area contributed by atoms with Crippen LogP contribution < -0.4 is 0 Å². The first-order valence-electron chi connectivity index (χ1n) is 4.68. The van der Waals surface area contributed by atoms with Crippen molar-refractivity contribution in [2.45, 2.75) is 50.0 Å². The zero-order valence-corrected chi connectivity index (χ0v) is 11.9. The van der Waals surface area contributed by atoms with Gasteiger partial charge in [0.15, 0.2) is 0 Å². The van der Waals surface area contributed by atoms with Gasteiger partial charge < -0.3 is 0 Å². The van der Waals surface area contributed by atoms with Crippen LogP contribution >= 0.6 is 0 Å². The van der Waals surface area contributed by atoms with E-state index in [9.17, 15) is 0 Å². The topological polar surface area (TPSA) is 0 Å². The SMILES string of the molecule is CCC[CH2][Pb]([CH3])([CH2]C)[CH2]C. The van der Waals surface area contributed by atoms with Crippen LogP contribution in [0.4, 0.5) is 0 Å². The molecule has 0 aromatic carbocycles. The van der Waals surface area contributed by atoms with Gasteiger partial charge in [-0.15, -0.1) is 0 Å². The molecule has 0 atom stereocenters. The molecule has 0 amide bonds. The predicted molar refractivity (Wildman–Crippen MR) is 52.3 cm³/mol. The maximum absolute atomic E-state index is 2.63. The normalized spacial score (nSPS) is 12.0. The van der Waals surface area contributed by atoms with E-state index in [-0.39, 0.29) is 0 Å². The fourth-order valence-electron chi connectivity index (χ4n) is 1.21. The number of hydrogen-bond acceptors (Lipinski definition) is 0. The average molecular weight is 337 g/mol. The Bertz CT molecular complexity index is 74.8. The second kappa shape index (κ2) is 5.56. The first kappa shape index (κ1) is 10.9. The Balaban J connectivity index is 3.58. The summed E-state index contributed by atoms with van der Waals surface area (Å²) in [5, 5.41) is 0. The quantitative estimate of drug-likeness (QED) is 0.668. The molecule has 0 aromatic heterocycles. The van der Waals surface area contributed by atoms with E-state index in [2.05, 4.69) is 25.3 Å². The number of hydrogen-bond donors (Lipinski definition) is 0. The Kier molecular flexibility index (Phi) is 6.07. The molecule has 0 fully saturated rings. The van der Waals surface area contributed by atoms with Crippen molar-refractivity contribution < 1.29 is 0 Å². The third kappa shape index (κ3) is 3.94. The van der Waals surface area contributed by atoms with E-state index in [0.29, 0.717) is 0 Å². The zero-order chi connectivity index (χ0) is 8.04. The van der Waals surface area contributed by atoms with Crippen LogP contribution in [0.3, 0.4) is 0 Å². The van der Waals surface area contributed by atoms with E-state index in [1.807, 2.05) is 0 Å². The molecule has 1 heteroatoms. The summed E-state index contributed by atoms with van der Waals surface area (Å²) in [6.07, 6.45) is 2.90. The molecule has 0 aliphatic carbocycles. The second-order valence-electron chi connectivity index (χ2n) is 3.62. The molecule has 0 aromatic rings. The summed E-state index contributed by atoms with van der Waals surface area (Å²) in [6, 6.07) is 0. The van der Waals surface area contributed by atoms with Crippen LogP contribution in [0.2, 0.25) is 16.4 Å². The summed E-state index contributed by atoms with van der Waals surface area (Å²) in [6.45, 7) is 7.11. The van der Waals surface area contributed by atoms with E-state index < -0.39 is 21.2 Å². The molecule has 0 saturated heterocycles. The van der Waals surface area contributed by atoms with E-state index in [1.54, 1.807) is 11.9 Å². The number of unbranched alkanes of at least 4 members (excludes halogenated alkanes) is 1. The van der Waals surface area contributed by atoms with Crippen LogP contribution in [0.25, 0.3) is 0 Å². The molecule has 0 rings (SSSR count). The molecule has 62 valence electrons. The molecule has 0 aliphatic heterocycles. The molecule has 0 heterocycles. The molecular formula is C9H22Pb. The summed E-state index contributed by atoms with van der Waals surface area (Å²) in [4.78, 5) is 0. The van der Waals surface area contributed by atoms with Crippen LogP contribution in [0.15, 0.2) is 0 Å². The molecule has 0 unspecified atom stereocenters. The Morgan fingerprint density at radius 2 is 1.50 bits per heavy atom. The molecule has 0 saturated carbocycles. The molecule has 0 aliphatic rings. The van der Waals surface area contributed by atoms with Crippen molar-refractivity contribution in [3.63, 3.8) is 0 Å². The van der Waals surface area contributed by atoms with Gasteiger partial charge in [-0.1, -0.05) is 0 Å². The first-order chi connectivity index (χ1) is 4.68. The monoisotopic (exact) mass is 338 g/mol. The van der Waals surface area contributed by atoms with Crippen molar-refractivity contribution >= 4 is 21.2 Å². The maximum atomic E-state index is 2.63. The van der Waals surface area contributed by atoms with E-state index in [0.717, 1.165) is 0 Å². The summed E-state index contributed by atoms with van der Waals surface area (Å²) < 4.78 is 7.38. The van der Waals surface area contributed by atoms with Gasteiger partial charge in [-0.3, -0.25) is 0 Å². The molecule has 0 spiro atoms. The minimum atomic E-state index is -1.53. The van der Waals surface area contributed by atoms with Gasteiger partial charge in [-0.05, 0) is 0 Å². The zero-order valence-electron chi connectivity index (χ0n) is 8.04. The third-order valence-corrected chi connectivity index (χ3v) is 22.2. The van der Waals surface area contributed by atoms with Gasteiger partial charge in [0.25, 0.3) is 0 Å². The Hall–Kier alpha value is 0.922. The summed E-state index contributed by atoms with van der Waals surface area (Å²) in [7, 11) is 0. The Morgan fingerprint density at radius 3 is 1.80 bits per heavy atom. The van der Waals surface area contributed by atoms with E-state index >= 15 is 0 Å². The summed E-state index contributed by atoms with van der Waals surface area (Å²) in [5.74, 6) is 0. The van der Waals surface area contributed by atoms with Crippen molar-refractivity contribution in [2.75, 3.05) is 0 Å². The summed E-state index contributed by atoms with van der Waals surface area (Å²) in [5.41, 5.74) is 0. The Labute approximate surface area is 71.1 Å². The fourth-order valence-corrected chi connectivity index (χ4v) is 10.6. The van der Waals surface area contributed by atoms with Crippen molar-refractivity contribution in [3.05, 3.63) is 0 Å². The van der Waals surface area contributed by atoms with Gasteiger partial charge in [0, 0.05) is 0 Å². The second-order valence-corrected chi connectivity index (χ2v) is 25.1. The van der Waals surface area contributed by atoms with Crippen LogP contribution in [-0.2, 0) is 0 Å². The van der Waals surface area contributed by atoms with Crippen molar-refractivity contribution in [3.8, 4) is 0 Å². The van der Waals surface area contributed by atoms with Gasteiger partial charge >= 0.3 is 71.2 Å². The number of rotatable bonds is 5. The van der Waals surface area contributed by atoms with Gasteiger partial charge in [-0.2, -0.15) is 0 Å². The molecular weight excluding hydrogens is 315 g/mol. The average Bonchev–Trinajstić information content (AvgIpc) is 2.00. The third-order valence-electron chi connectivity index (χ3n) is 2.84. The van der Waals surface area contributed by atoms with E-state index in [1.165, 1.54) is 12.8 Å². The predicted octanol–water partition coefficient (Wildman–Crippen LogP) is 3.90.